The number of thiazole rings is 1. The summed E-state index contributed by atoms with van der Waals surface area (Å²) in [5.41, 5.74) is 3.45. The van der Waals surface area contributed by atoms with Crippen molar-refractivity contribution in [1.82, 2.24) is 4.57 Å². The number of fused-ring (bicyclic) bond motifs is 1. The number of nitrogens with one attached hydrogen (secondary N) is 1. The first-order chi connectivity index (χ1) is 21.8. The first-order valence-electron chi connectivity index (χ1n) is 13.9. The van der Waals surface area contributed by atoms with E-state index in [2.05, 4.69) is 32.3 Å². The number of halogens is 2. The van der Waals surface area contributed by atoms with Gasteiger partial charge in [0.25, 0.3) is 11.5 Å². The molecular weight excluding hydrogens is 655 g/mol. The van der Waals surface area contributed by atoms with Gasteiger partial charge in [0.1, 0.15) is 18.2 Å². The van der Waals surface area contributed by atoms with Crippen LogP contribution in [0.4, 0.5) is 10.1 Å². The molecule has 6 rings (SSSR count). The molecule has 10 heteroatoms. The van der Waals surface area contributed by atoms with Crippen molar-refractivity contribution in [2.24, 2.45) is 4.99 Å². The molecule has 0 spiro atoms. The Morgan fingerprint density at radius 2 is 1.82 bits per heavy atom. The van der Waals surface area contributed by atoms with E-state index in [1.807, 2.05) is 42.5 Å². The van der Waals surface area contributed by atoms with Gasteiger partial charge in [0, 0.05) is 21.3 Å². The molecule has 222 valence electrons. The highest BCUT2D eigenvalue weighted by molar-refractivity contribution is 9.10. The smallest absolute Gasteiger partial charge is 0.271 e. The van der Waals surface area contributed by atoms with Crippen LogP contribution in [0.3, 0.4) is 0 Å². The summed E-state index contributed by atoms with van der Waals surface area (Å²) in [6.07, 6.45) is 1.73. The summed E-state index contributed by atoms with van der Waals surface area (Å²) in [6.45, 7) is 1.89. The van der Waals surface area contributed by atoms with E-state index in [0.29, 0.717) is 43.2 Å². The summed E-state index contributed by atoms with van der Waals surface area (Å²) in [5, 5.41) is 12.4. The predicted molar refractivity (Wildman–Crippen MR) is 175 cm³/mol. The lowest BCUT2D eigenvalue weighted by Crippen LogP contribution is -2.40. The van der Waals surface area contributed by atoms with Crippen LogP contribution in [-0.2, 0) is 11.4 Å². The Morgan fingerprint density at radius 3 is 2.58 bits per heavy atom. The van der Waals surface area contributed by atoms with Crippen LogP contribution >= 0.6 is 27.3 Å². The third kappa shape index (κ3) is 6.27. The highest BCUT2D eigenvalue weighted by atomic mass is 79.9. The summed E-state index contributed by atoms with van der Waals surface area (Å²) < 4.78 is 22.7. The van der Waals surface area contributed by atoms with E-state index in [1.165, 1.54) is 28.0 Å². The van der Waals surface area contributed by atoms with Crippen LogP contribution in [0.5, 0.6) is 5.75 Å². The van der Waals surface area contributed by atoms with Crippen LogP contribution < -0.4 is 24.9 Å². The number of hydrogen-bond acceptors (Lipinski definition) is 6. The van der Waals surface area contributed by atoms with Crippen LogP contribution in [0.25, 0.3) is 6.08 Å². The van der Waals surface area contributed by atoms with Crippen molar-refractivity contribution in [3.63, 3.8) is 0 Å². The number of nitrogens with zero attached hydrogens (tertiary/aromatic N) is 3. The highest BCUT2D eigenvalue weighted by Crippen LogP contribution is 2.31. The predicted octanol–water partition coefficient (Wildman–Crippen LogP) is 6.23. The Bertz CT molecular complexity index is 2190. The highest BCUT2D eigenvalue weighted by Gasteiger charge is 2.32. The van der Waals surface area contributed by atoms with Gasteiger partial charge in [-0.25, -0.2) is 9.38 Å². The van der Waals surface area contributed by atoms with Crippen molar-refractivity contribution < 1.29 is 13.9 Å². The van der Waals surface area contributed by atoms with Gasteiger partial charge in [0.2, 0.25) is 0 Å². The maximum Gasteiger partial charge on any atom is 0.271 e. The molecule has 1 aromatic heterocycles. The fraction of sp³-hybridized carbons (Fsp3) is 0.0857. The zero-order chi connectivity index (χ0) is 31.5. The first kappa shape index (κ1) is 29.9. The zero-order valence-electron chi connectivity index (χ0n) is 23.8. The molecule has 1 amide bonds. The molecule has 1 aliphatic rings. The lowest BCUT2D eigenvalue weighted by molar-refractivity contribution is -0.113. The SMILES string of the molecule is CC1=C(C(=O)Nc2ccccc2)[C@@H](c2ccc(F)cc2)n2c(s/c(=C\c3cc(Br)ccc3OCc3ccccc3C#N)c2=O)=N1. The molecule has 45 heavy (non-hydrogen) atoms. The van der Waals surface area contributed by atoms with Crippen molar-refractivity contribution in [2.45, 2.75) is 19.6 Å². The Kier molecular flexibility index (Phi) is 8.56. The van der Waals surface area contributed by atoms with Gasteiger partial charge in [0.15, 0.2) is 4.80 Å². The second kappa shape index (κ2) is 12.9. The molecule has 0 bridgehead atoms. The van der Waals surface area contributed by atoms with E-state index in [4.69, 9.17) is 4.74 Å². The maximum atomic E-state index is 14.1. The monoisotopic (exact) mass is 678 g/mol. The van der Waals surface area contributed by atoms with Gasteiger partial charge in [-0.15, -0.1) is 0 Å². The van der Waals surface area contributed by atoms with Gasteiger partial charge < -0.3 is 10.1 Å². The van der Waals surface area contributed by atoms with Crippen LogP contribution in [-0.4, -0.2) is 10.5 Å². The molecule has 4 aromatic carbocycles. The number of aromatic nitrogens is 1. The minimum atomic E-state index is -0.839. The molecule has 1 aliphatic heterocycles. The summed E-state index contributed by atoms with van der Waals surface area (Å²) in [4.78, 5) is 32.9. The Morgan fingerprint density at radius 1 is 1.09 bits per heavy atom. The summed E-state index contributed by atoms with van der Waals surface area (Å²) in [5.74, 6) is -0.320. The van der Waals surface area contributed by atoms with Crippen LogP contribution in [0.15, 0.2) is 123 Å². The average Bonchev–Trinajstić information content (AvgIpc) is 3.34. The molecule has 7 nitrogen and oxygen atoms in total. The topological polar surface area (TPSA) is 96.5 Å². The number of carbonyl (C=O) groups excluding carboxylic acids is 1. The molecule has 0 saturated heterocycles. The van der Waals surface area contributed by atoms with Crippen molar-refractivity contribution in [3.8, 4) is 11.8 Å². The number of carbonyl (C=O) groups is 1. The van der Waals surface area contributed by atoms with Crippen molar-refractivity contribution >= 4 is 44.9 Å². The van der Waals surface area contributed by atoms with E-state index in [9.17, 15) is 19.2 Å². The number of nitriles is 1. The van der Waals surface area contributed by atoms with Gasteiger partial charge in [-0.3, -0.25) is 14.2 Å². The molecule has 0 unspecified atom stereocenters. The normalized spacial score (nSPS) is 14.4. The van der Waals surface area contributed by atoms with Crippen molar-refractivity contribution in [2.75, 3.05) is 5.32 Å². The number of para-hydroxylation sites is 1. The van der Waals surface area contributed by atoms with E-state index in [0.717, 1.165) is 10.0 Å². The Balaban J connectivity index is 1.44. The summed E-state index contributed by atoms with van der Waals surface area (Å²) in [7, 11) is 0. The maximum absolute atomic E-state index is 14.1. The van der Waals surface area contributed by atoms with E-state index >= 15 is 0 Å². The molecule has 0 radical (unpaired) electrons. The molecule has 2 heterocycles. The van der Waals surface area contributed by atoms with Gasteiger partial charge in [-0.1, -0.05) is 75.8 Å². The second-order valence-electron chi connectivity index (χ2n) is 10.2. The number of rotatable bonds is 7. The number of ether oxygens (including phenoxy) is 1. The average molecular weight is 680 g/mol. The molecular formula is C35H24BrFN4O3S. The van der Waals surface area contributed by atoms with Crippen LogP contribution in [0.2, 0.25) is 0 Å². The molecule has 5 aromatic rings. The number of anilines is 1. The summed E-state index contributed by atoms with van der Waals surface area (Å²) in [6, 6.07) is 28.8. The zero-order valence-corrected chi connectivity index (χ0v) is 26.2. The van der Waals surface area contributed by atoms with Crippen LogP contribution in [0.1, 0.15) is 35.2 Å². The van der Waals surface area contributed by atoms with Gasteiger partial charge in [-0.2, -0.15) is 5.26 Å². The van der Waals surface area contributed by atoms with Gasteiger partial charge in [-0.05, 0) is 67.1 Å². The third-order valence-corrected chi connectivity index (χ3v) is 8.74. The second-order valence-corrected chi connectivity index (χ2v) is 12.1. The minimum absolute atomic E-state index is 0.164. The lowest BCUT2D eigenvalue weighted by atomic mass is 9.95. The van der Waals surface area contributed by atoms with Gasteiger partial charge >= 0.3 is 0 Å². The third-order valence-electron chi connectivity index (χ3n) is 7.26. The van der Waals surface area contributed by atoms with Crippen molar-refractivity contribution in [1.29, 1.82) is 5.26 Å². The van der Waals surface area contributed by atoms with Gasteiger partial charge in [0.05, 0.1) is 33.5 Å². The molecule has 0 saturated carbocycles. The summed E-state index contributed by atoms with van der Waals surface area (Å²) >= 11 is 4.70. The fourth-order valence-electron chi connectivity index (χ4n) is 5.11. The Hall–Kier alpha value is -5.11. The fourth-order valence-corrected chi connectivity index (χ4v) is 6.52. The molecule has 1 N–H and O–H groups in total. The van der Waals surface area contributed by atoms with E-state index < -0.39 is 17.8 Å². The number of allylic oxidation sites excluding steroid dienone is 1. The van der Waals surface area contributed by atoms with E-state index in [-0.39, 0.29) is 17.7 Å². The largest absolute Gasteiger partial charge is 0.488 e. The lowest BCUT2D eigenvalue weighted by Gasteiger charge is -2.25. The number of benzene rings is 4. The minimum Gasteiger partial charge on any atom is -0.488 e. The molecule has 0 aliphatic carbocycles. The number of amides is 1. The first-order valence-corrected chi connectivity index (χ1v) is 15.5. The van der Waals surface area contributed by atoms with Crippen molar-refractivity contribution in [3.05, 3.63) is 161 Å². The standard InChI is InChI=1S/C35H24BrFN4O3S/c1-21-31(33(42)40-28-9-3-2-4-10-28)32(22-11-14-27(37)15-12-22)41-34(43)30(45-35(41)39-21)18-25-17-26(36)13-16-29(25)44-20-24-8-6-5-7-23(24)19-38/h2-18,32H,20H2,1H3,(H,40,42)/b30-18-/t32-/m1/s1. The number of hydrogen-bond donors (Lipinski definition) is 1. The van der Waals surface area contributed by atoms with Crippen LogP contribution in [0, 0.1) is 17.1 Å². The quantitative estimate of drug-likeness (QED) is 0.221. The Labute approximate surface area is 270 Å². The molecule has 0 fully saturated rings. The molecule has 1 atom stereocenters. The van der Waals surface area contributed by atoms with E-state index in [1.54, 1.807) is 55.5 Å².